The van der Waals surface area contributed by atoms with Gasteiger partial charge >= 0.3 is 5.97 Å². The van der Waals surface area contributed by atoms with Gasteiger partial charge in [0.15, 0.2) is 0 Å². The minimum atomic E-state index is -1.13. The molecule has 1 amide bonds. The van der Waals surface area contributed by atoms with Crippen molar-refractivity contribution in [3.05, 3.63) is 35.0 Å². The molecule has 2 rings (SSSR count). The van der Waals surface area contributed by atoms with Crippen molar-refractivity contribution in [2.24, 2.45) is 0 Å². The van der Waals surface area contributed by atoms with Gasteiger partial charge in [-0.1, -0.05) is 0 Å². The van der Waals surface area contributed by atoms with Crippen molar-refractivity contribution in [1.29, 1.82) is 0 Å². The first-order valence-corrected chi connectivity index (χ1v) is 5.40. The predicted octanol–water partition coefficient (Wildman–Crippen LogP) is 0.969. The number of hydrogen-bond acceptors (Lipinski definition) is 7. The van der Waals surface area contributed by atoms with Gasteiger partial charge in [-0.15, -0.1) is 0 Å². The zero-order valence-electron chi connectivity index (χ0n) is 10.5. The second-order valence-corrected chi connectivity index (χ2v) is 3.76. The van der Waals surface area contributed by atoms with E-state index in [1.54, 1.807) is 0 Å². The van der Waals surface area contributed by atoms with Crippen LogP contribution < -0.4 is 11.1 Å². The Bertz CT molecular complexity index is 716. The first kappa shape index (κ1) is 14.4. The summed E-state index contributed by atoms with van der Waals surface area (Å²) in [5, 5.41) is 8.47. The third kappa shape index (κ3) is 2.78. The summed E-state index contributed by atoms with van der Waals surface area (Å²) < 4.78 is 35.6. The lowest BCUT2D eigenvalue weighted by atomic mass is 10.1. The van der Waals surface area contributed by atoms with Crippen LogP contribution in [0.25, 0.3) is 0 Å². The van der Waals surface area contributed by atoms with Crippen molar-refractivity contribution < 1.29 is 27.7 Å². The van der Waals surface area contributed by atoms with Gasteiger partial charge in [-0.05, 0) is 16.4 Å². The van der Waals surface area contributed by atoms with Crippen molar-refractivity contribution in [1.82, 2.24) is 10.3 Å². The molecular weight excluding hydrogens is 290 g/mol. The Morgan fingerprint density at radius 3 is 2.57 bits per heavy atom. The standard InChI is InChI=1S/C11H8F2N4O4/c1-20-11(19)4-2-7(6(13)3-5(4)12)15-10(18)8-9(14)17-21-16-8/h2-3H,1H3,(H2,14,17)(H,15,18). The highest BCUT2D eigenvalue weighted by Crippen LogP contribution is 2.21. The average Bonchev–Trinajstić information content (AvgIpc) is 2.87. The van der Waals surface area contributed by atoms with Gasteiger partial charge in [-0.3, -0.25) is 4.79 Å². The number of nitrogens with zero attached hydrogens (tertiary/aromatic N) is 2. The van der Waals surface area contributed by atoms with Crippen molar-refractivity contribution in [3.63, 3.8) is 0 Å². The van der Waals surface area contributed by atoms with Crippen LogP contribution in [0.1, 0.15) is 20.8 Å². The normalized spacial score (nSPS) is 10.2. The van der Waals surface area contributed by atoms with Crippen LogP contribution in [0.3, 0.4) is 0 Å². The molecule has 0 spiro atoms. The van der Waals surface area contributed by atoms with Crippen LogP contribution in [0.15, 0.2) is 16.8 Å². The van der Waals surface area contributed by atoms with Crippen molar-refractivity contribution in [2.45, 2.75) is 0 Å². The van der Waals surface area contributed by atoms with E-state index in [0.29, 0.717) is 6.07 Å². The number of nitrogens with two attached hydrogens (primary N) is 1. The second-order valence-electron chi connectivity index (χ2n) is 3.76. The minimum Gasteiger partial charge on any atom is -0.465 e. The maximum absolute atomic E-state index is 13.6. The van der Waals surface area contributed by atoms with Gasteiger partial charge in [0.2, 0.25) is 11.5 Å². The number of methoxy groups -OCH3 is 1. The highest BCUT2D eigenvalue weighted by Gasteiger charge is 2.21. The van der Waals surface area contributed by atoms with Gasteiger partial charge in [0.25, 0.3) is 5.91 Å². The Balaban J connectivity index is 2.34. The van der Waals surface area contributed by atoms with E-state index in [9.17, 15) is 18.4 Å². The number of halogens is 2. The summed E-state index contributed by atoms with van der Waals surface area (Å²) in [6, 6.07) is 1.23. The monoisotopic (exact) mass is 298 g/mol. The SMILES string of the molecule is COC(=O)c1cc(NC(=O)c2nonc2N)c(F)cc1F. The van der Waals surface area contributed by atoms with Gasteiger partial charge in [0.05, 0.1) is 18.4 Å². The molecule has 110 valence electrons. The molecule has 3 N–H and O–H groups in total. The van der Waals surface area contributed by atoms with E-state index in [0.717, 1.165) is 13.2 Å². The molecule has 0 atom stereocenters. The number of anilines is 2. The summed E-state index contributed by atoms with van der Waals surface area (Å²) in [4.78, 5) is 23.1. The Kier molecular flexibility index (Phi) is 3.78. The van der Waals surface area contributed by atoms with E-state index in [1.165, 1.54) is 0 Å². The summed E-state index contributed by atoms with van der Waals surface area (Å²) >= 11 is 0. The number of benzene rings is 1. The number of carbonyl (C=O) groups excluding carboxylic acids is 2. The highest BCUT2D eigenvalue weighted by molar-refractivity contribution is 6.06. The second kappa shape index (κ2) is 5.53. The predicted molar refractivity (Wildman–Crippen MR) is 64.4 cm³/mol. The summed E-state index contributed by atoms with van der Waals surface area (Å²) in [5.41, 5.74) is 3.93. The molecule has 0 radical (unpaired) electrons. The Morgan fingerprint density at radius 1 is 1.29 bits per heavy atom. The molecule has 1 aromatic carbocycles. The summed E-state index contributed by atoms with van der Waals surface area (Å²) in [5.74, 6) is -4.48. The van der Waals surface area contributed by atoms with Crippen LogP contribution in [-0.4, -0.2) is 29.3 Å². The van der Waals surface area contributed by atoms with E-state index in [-0.39, 0.29) is 11.5 Å². The van der Waals surface area contributed by atoms with Crippen molar-refractivity contribution >= 4 is 23.4 Å². The molecule has 0 bridgehead atoms. The van der Waals surface area contributed by atoms with E-state index in [2.05, 4.69) is 25.0 Å². The maximum atomic E-state index is 13.6. The number of carbonyl (C=O) groups is 2. The van der Waals surface area contributed by atoms with Gasteiger partial charge in [-0.25, -0.2) is 18.2 Å². The van der Waals surface area contributed by atoms with E-state index >= 15 is 0 Å². The lowest BCUT2D eigenvalue weighted by molar-refractivity contribution is 0.0595. The van der Waals surface area contributed by atoms with Gasteiger partial charge in [0, 0.05) is 6.07 Å². The van der Waals surface area contributed by atoms with Crippen LogP contribution in [0.5, 0.6) is 0 Å². The fourth-order valence-corrected chi connectivity index (χ4v) is 1.45. The summed E-state index contributed by atoms with van der Waals surface area (Å²) in [6.45, 7) is 0. The number of rotatable bonds is 3. The molecule has 0 saturated carbocycles. The topological polar surface area (TPSA) is 120 Å². The zero-order valence-corrected chi connectivity index (χ0v) is 10.5. The molecule has 0 unspecified atom stereocenters. The zero-order chi connectivity index (χ0) is 15.6. The van der Waals surface area contributed by atoms with Gasteiger partial charge in [-0.2, -0.15) is 0 Å². The first-order chi connectivity index (χ1) is 9.93. The number of aromatic nitrogens is 2. The van der Waals surface area contributed by atoms with E-state index in [1.807, 2.05) is 0 Å². The molecular formula is C11H8F2N4O4. The van der Waals surface area contributed by atoms with Crippen molar-refractivity contribution in [3.8, 4) is 0 Å². The molecule has 0 aliphatic rings. The highest BCUT2D eigenvalue weighted by atomic mass is 19.1. The minimum absolute atomic E-state index is 0.303. The summed E-state index contributed by atoms with van der Waals surface area (Å²) in [6.07, 6.45) is 0. The van der Waals surface area contributed by atoms with Gasteiger partial charge in [0.1, 0.15) is 11.6 Å². The molecule has 0 fully saturated rings. The maximum Gasteiger partial charge on any atom is 0.340 e. The van der Waals surface area contributed by atoms with Crippen LogP contribution in [0.2, 0.25) is 0 Å². The Labute approximate surface area is 115 Å². The van der Waals surface area contributed by atoms with Gasteiger partial charge < -0.3 is 15.8 Å². The first-order valence-electron chi connectivity index (χ1n) is 5.40. The summed E-state index contributed by atoms with van der Waals surface area (Å²) in [7, 11) is 1.03. The van der Waals surface area contributed by atoms with Crippen LogP contribution in [-0.2, 0) is 4.74 Å². The largest absolute Gasteiger partial charge is 0.465 e. The molecule has 8 nitrogen and oxygen atoms in total. The number of ether oxygens (including phenoxy) is 1. The molecule has 0 aliphatic heterocycles. The quantitative estimate of drug-likeness (QED) is 0.810. The number of nitrogen functional groups attached to an aromatic ring is 1. The number of nitrogens with one attached hydrogen (secondary N) is 1. The van der Waals surface area contributed by atoms with E-state index in [4.69, 9.17) is 5.73 Å². The number of hydrogen-bond donors (Lipinski definition) is 2. The lowest BCUT2D eigenvalue weighted by Crippen LogP contribution is -2.16. The molecule has 1 heterocycles. The Hall–Kier alpha value is -3.04. The van der Waals surface area contributed by atoms with Crippen LogP contribution >= 0.6 is 0 Å². The van der Waals surface area contributed by atoms with E-state index < -0.39 is 34.8 Å². The number of esters is 1. The molecule has 2 aromatic rings. The molecule has 0 aliphatic carbocycles. The third-order valence-electron chi connectivity index (χ3n) is 2.44. The fraction of sp³-hybridized carbons (Fsp3) is 0.0909. The van der Waals surface area contributed by atoms with Crippen LogP contribution in [0.4, 0.5) is 20.3 Å². The van der Waals surface area contributed by atoms with Crippen molar-refractivity contribution in [2.75, 3.05) is 18.2 Å². The third-order valence-corrected chi connectivity index (χ3v) is 2.44. The fourth-order valence-electron chi connectivity index (χ4n) is 1.45. The lowest BCUT2D eigenvalue weighted by Gasteiger charge is -2.08. The Morgan fingerprint density at radius 2 is 2.00 bits per heavy atom. The van der Waals surface area contributed by atoms with Crippen LogP contribution in [0, 0.1) is 11.6 Å². The molecule has 21 heavy (non-hydrogen) atoms. The number of amides is 1. The molecule has 0 saturated heterocycles. The molecule has 10 heteroatoms. The smallest absolute Gasteiger partial charge is 0.340 e. The molecule has 1 aromatic heterocycles. The average molecular weight is 298 g/mol.